The molecule has 33 heavy (non-hydrogen) atoms. The van der Waals surface area contributed by atoms with Crippen molar-refractivity contribution in [3.8, 4) is 11.3 Å². The molecular formula is C26H21BrFN3OS. The number of halogens is 2. The molecule has 0 saturated carbocycles. The van der Waals surface area contributed by atoms with Crippen molar-refractivity contribution < 1.29 is 8.81 Å². The molecule has 1 N–H and O–H groups in total. The van der Waals surface area contributed by atoms with E-state index in [1.165, 1.54) is 17.2 Å². The van der Waals surface area contributed by atoms with Crippen LogP contribution in [0.1, 0.15) is 34.7 Å². The van der Waals surface area contributed by atoms with E-state index in [-0.39, 0.29) is 17.9 Å². The molecule has 0 bridgehead atoms. The first kappa shape index (κ1) is 21.8. The molecule has 0 unspecified atom stereocenters. The van der Waals surface area contributed by atoms with Gasteiger partial charge in [-0.2, -0.15) is 0 Å². The number of aryl methyl sites for hydroxylation is 2. The number of benzene rings is 2. The van der Waals surface area contributed by atoms with Crippen molar-refractivity contribution in [1.82, 2.24) is 10.3 Å². The van der Waals surface area contributed by atoms with E-state index in [0.29, 0.717) is 26.7 Å². The minimum Gasteiger partial charge on any atom is -0.459 e. The molecule has 7 heteroatoms. The van der Waals surface area contributed by atoms with E-state index >= 15 is 0 Å². The lowest BCUT2D eigenvalue weighted by Crippen LogP contribution is -2.29. The Hall–Kier alpha value is -3.03. The molecule has 0 spiro atoms. The summed E-state index contributed by atoms with van der Waals surface area (Å²) in [6.45, 7) is 4.16. The number of nitrogens with one attached hydrogen (secondary N) is 1. The van der Waals surface area contributed by atoms with Crippen LogP contribution in [0.5, 0.6) is 0 Å². The maximum Gasteiger partial charge on any atom is 0.174 e. The Balaban J connectivity index is 1.61. The summed E-state index contributed by atoms with van der Waals surface area (Å²) >= 11 is 9.07. The molecule has 4 aromatic rings. The Morgan fingerprint density at radius 3 is 2.61 bits per heavy atom. The van der Waals surface area contributed by atoms with Crippen molar-refractivity contribution in [3.63, 3.8) is 0 Å². The molecule has 0 radical (unpaired) electrons. The van der Waals surface area contributed by atoms with E-state index in [9.17, 15) is 4.39 Å². The van der Waals surface area contributed by atoms with Crippen LogP contribution in [-0.4, -0.2) is 10.1 Å². The van der Waals surface area contributed by atoms with Crippen molar-refractivity contribution in [2.75, 3.05) is 4.90 Å². The van der Waals surface area contributed by atoms with E-state index in [1.807, 2.05) is 24.3 Å². The van der Waals surface area contributed by atoms with Gasteiger partial charge in [0, 0.05) is 16.4 Å². The SMILES string of the molecule is Cc1ccc(N2C(=S)N[C@@H](c3ccccn3)[C@H]2c2ccc(-c3ccc(Br)cc3F)o2)cc1C. The van der Waals surface area contributed by atoms with Crippen molar-refractivity contribution in [2.45, 2.75) is 25.9 Å². The third-order valence-electron chi connectivity index (χ3n) is 5.98. The lowest BCUT2D eigenvalue weighted by atomic mass is 10.0. The Morgan fingerprint density at radius 2 is 1.88 bits per heavy atom. The summed E-state index contributed by atoms with van der Waals surface area (Å²) in [5.74, 6) is 0.791. The molecule has 4 nitrogen and oxygen atoms in total. The van der Waals surface area contributed by atoms with Crippen LogP contribution >= 0.6 is 28.1 Å². The second-order valence-corrected chi connectivity index (χ2v) is 9.39. The molecule has 1 saturated heterocycles. The third-order valence-corrected chi connectivity index (χ3v) is 6.79. The monoisotopic (exact) mass is 521 g/mol. The standard InChI is InChI=1S/C26H21BrFN3OS/c1-15-6-8-18(13-16(15)2)31-25(24(30-26(31)33)21-5-3-4-12-29-21)23-11-10-22(32-23)19-9-7-17(27)14-20(19)28/h3-14,24-25H,1-2H3,(H,30,33)/t24-,25+/m0/s1. The number of hydrogen-bond donors (Lipinski definition) is 1. The average Bonchev–Trinajstić information content (AvgIpc) is 3.41. The van der Waals surface area contributed by atoms with Crippen LogP contribution in [0.3, 0.4) is 0 Å². The lowest BCUT2D eigenvalue weighted by Gasteiger charge is -2.26. The predicted molar refractivity (Wildman–Crippen MR) is 136 cm³/mol. The molecule has 2 aromatic carbocycles. The predicted octanol–water partition coefficient (Wildman–Crippen LogP) is 7.04. The first-order valence-corrected chi connectivity index (χ1v) is 11.8. The molecule has 3 heterocycles. The molecule has 2 atom stereocenters. The summed E-state index contributed by atoms with van der Waals surface area (Å²) in [4.78, 5) is 6.62. The molecule has 0 amide bonds. The highest BCUT2D eigenvalue weighted by Gasteiger charge is 2.42. The number of hydrogen-bond acceptors (Lipinski definition) is 3. The highest BCUT2D eigenvalue weighted by Crippen LogP contribution is 2.43. The zero-order valence-electron chi connectivity index (χ0n) is 18.0. The van der Waals surface area contributed by atoms with Gasteiger partial charge >= 0.3 is 0 Å². The molecule has 1 aliphatic rings. The maximum absolute atomic E-state index is 14.6. The van der Waals surface area contributed by atoms with Gasteiger partial charge in [0.05, 0.1) is 17.3 Å². The zero-order valence-corrected chi connectivity index (χ0v) is 20.5. The van der Waals surface area contributed by atoms with Gasteiger partial charge in [0.1, 0.15) is 23.4 Å². The van der Waals surface area contributed by atoms with Crippen LogP contribution < -0.4 is 10.2 Å². The van der Waals surface area contributed by atoms with Crippen molar-refractivity contribution >= 4 is 38.9 Å². The van der Waals surface area contributed by atoms with Crippen LogP contribution in [0.15, 0.2) is 81.8 Å². The fraction of sp³-hybridized carbons (Fsp3) is 0.154. The van der Waals surface area contributed by atoms with E-state index < -0.39 is 0 Å². The van der Waals surface area contributed by atoms with Crippen molar-refractivity contribution in [1.29, 1.82) is 0 Å². The van der Waals surface area contributed by atoms with Gasteiger partial charge in [0.15, 0.2) is 5.11 Å². The summed E-state index contributed by atoms with van der Waals surface area (Å²) in [6, 6.07) is 20.2. The summed E-state index contributed by atoms with van der Waals surface area (Å²) in [6.07, 6.45) is 1.76. The van der Waals surface area contributed by atoms with Crippen LogP contribution in [0, 0.1) is 19.7 Å². The van der Waals surface area contributed by atoms with Gasteiger partial charge in [-0.25, -0.2) is 4.39 Å². The molecule has 2 aromatic heterocycles. The second kappa shape index (κ2) is 8.72. The van der Waals surface area contributed by atoms with Crippen LogP contribution in [-0.2, 0) is 0 Å². The average molecular weight is 522 g/mol. The van der Waals surface area contributed by atoms with Gasteiger partial charge in [-0.05, 0) is 91.8 Å². The molecular weight excluding hydrogens is 501 g/mol. The van der Waals surface area contributed by atoms with Crippen LogP contribution in [0.2, 0.25) is 0 Å². The van der Waals surface area contributed by atoms with Gasteiger partial charge in [-0.3, -0.25) is 4.98 Å². The molecule has 5 rings (SSSR count). The maximum atomic E-state index is 14.6. The first-order valence-electron chi connectivity index (χ1n) is 10.6. The Kier molecular flexibility index (Phi) is 5.76. The summed E-state index contributed by atoms with van der Waals surface area (Å²) < 4.78 is 21.5. The largest absolute Gasteiger partial charge is 0.459 e. The van der Waals surface area contributed by atoms with Crippen molar-refractivity contribution in [2.24, 2.45) is 0 Å². The number of pyridine rings is 1. The van der Waals surface area contributed by atoms with Gasteiger partial charge in [-0.1, -0.05) is 28.1 Å². The number of thiocarbonyl (C=S) groups is 1. The topological polar surface area (TPSA) is 41.3 Å². The minimum absolute atomic E-state index is 0.228. The number of anilines is 1. The van der Waals surface area contributed by atoms with Crippen LogP contribution in [0.4, 0.5) is 10.1 Å². The zero-order chi connectivity index (χ0) is 23.1. The smallest absolute Gasteiger partial charge is 0.174 e. The fourth-order valence-corrected chi connectivity index (χ4v) is 4.82. The molecule has 1 aliphatic heterocycles. The van der Waals surface area contributed by atoms with Gasteiger partial charge in [0.2, 0.25) is 0 Å². The Morgan fingerprint density at radius 1 is 1.03 bits per heavy atom. The van der Waals surface area contributed by atoms with E-state index in [2.05, 4.69) is 63.2 Å². The van der Waals surface area contributed by atoms with E-state index in [1.54, 1.807) is 24.4 Å². The molecule has 1 fully saturated rings. The normalized spacial score (nSPS) is 17.9. The summed E-state index contributed by atoms with van der Waals surface area (Å²) in [5.41, 5.74) is 4.61. The fourth-order valence-electron chi connectivity index (χ4n) is 4.14. The number of rotatable bonds is 4. The molecule has 0 aliphatic carbocycles. The van der Waals surface area contributed by atoms with Gasteiger partial charge in [-0.15, -0.1) is 0 Å². The minimum atomic E-state index is -0.349. The Bertz CT molecular complexity index is 1340. The highest BCUT2D eigenvalue weighted by atomic mass is 79.9. The van der Waals surface area contributed by atoms with Gasteiger partial charge in [0.25, 0.3) is 0 Å². The van der Waals surface area contributed by atoms with E-state index in [0.717, 1.165) is 11.4 Å². The highest BCUT2D eigenvalue weighted by molar-refractivity contribution is 9.10. The van der Waals surface area contributed by atoms with Gasteiger partial charge < -0.3 is 14.6 Å². The Labute approximate surface area is 205 Å². The molecule has 166 valence electrons. The van der Waals surface area contributed by atoms with Crippen molar-refractivity contribution in [3.05, 3.63) is 106 Å². The number of furan rings is 1. The summed E-state index contributed by atoms with van der Waals surface area (Å²) in [5, 5.41) is 4.01. The number of aromatic nitrogens is 1. The van der Waals surface area contributed by atoms with E-state index in [4.69, 9.17) is 16.6 Å². The third kappa shape index (κ3) is 4.07. The second-order valence-electron chi connectivity index (χ2n) is 8.09. The first-order chi connectivity index (χ1) is 15.9. The summed E-state index contributed by atoms with van der Waals surface area (Å²) in [7, 11) is 0. The quantitative estimate of drug-likeness (QED) is 0.291. The van der Waals surface area contributed by atoms with Crippen LogP contribution in [0.25, 0.3) is 11.3 Å². The lowest BCUT2D eigenvalue weighted by molar-refractivity contribution is 0.438. The number of nitrogens with zero attached hydrogens (tertiary/aromatic N) is 2.